The van der Waals surface area contributed by atoms with E-state index in [1.165, 1.54) is 11.3 Å². The Kier molecular flexibility index (Phi) is 6.36. The highest BCUT2D eigenvalue weighted by atomic mass is 32.1. The van der Waals surface area contributed by atoms with Gasteiger partial charge >= 0.3 is 0 Å². The summed E-state index contributed by atoms with van der Waals surface area (Å²) in [4.78, 5) is 17.7. The van der Waals surface area contributed by atoms with Gasteiger partial charge in [0, 0.05) is 6.54 Å². The van der Waals surface area contributed by atoms with Gasteiger partial charge in [0.25, 0.3) is 5.91 Å². The maximum absolute atomic E-state index is 12.6. The minimum absolute atomic E-state index is 0.191. The molecule has 1 heterocycles. The lowest BCUT2D eigenvalue weighted by molar-refractivity contribution is -0.117. The van der Waals surface area contributed by atoms with Crippen molar-refractivity contribution in [1.82, 2.24) is 4.57 Å². The first-order valence-electron chi connectivity index (χ1n) is 9.14. The third kappa shape index (κ3) is 4.04. The molecule has 0 spiro atoms. The second-order valence-corrected chi connectivity index (χ2v) is 7.05. The van der Waals surface area contributed by atoms with E-state index in [9.17, 15) is 4.79 Å². The van der Waals surface area contributed by atoms with Gasteiger partial charge in [-0.1, -0.05) is 23.5 Å². The number of aryl methyl sites for hydroxylation is 1. The Balaban J connectivity index is 1.96. The molecular weight excluding hydrogens is 376 g/mol. The van der Waals surface area contributed by atoms with Crippen LogP contribution in [-0.2, 0) is 17.8 Å². The first kappa shape index (κ1) is 19.9. The summed E-state index contributed by atoms with van der Waals surface area (Å²) in [6.07, 6.45) is 0.191. The van der Waals surface area contributed by atoms with Gasteiger partial charge in [-0.05, 0) is 43.7 Å². The van der Waals surface area contributed by atoms with E-state index >= 15 is 0 Å². The summed E-state index contributed by atoms with van der Waals surface area (Å²) in [5, 5.41) is 0. The lowest BCUT2D eigenvalue weighted by Gasteiger charge is -2.08. The second kappa shape index (κ2) is 8.93. The third-order valence-electron chi connectivity index (χ3n) is 4.30. The molecule has 3 rings (SSSR count). The van der Waals surface area contributed by atoms with Gasteiger partial charge in [-0.3, -0.25) is 4.79 Å². The van der Waals surface area contributed by atoms with E-state index in [-0.39, 0.29) is 12.3 Å². The monoisotopic (exact) mass is 400 g/mol. The van der Waals surface area contributed by atoms with Crippen molar-refractivity contribution in [2.45, 2.75) is 26.8 Å². The molecule has 0 N–H and O–H groups in total. The Morgan fingerprint density at radius 1 is 1.07 bits per heavy atom. The minimum atomic E-state index is -0.209. The smallest absolute Gasteiger partial charge is 0.252 e. The van der Waals surface area contributed by atoms with Crippen LogP contribution in [0.4, 0.5) is 0 Å². The number of amides is 1. The van der Waals surface area contributed by atoms with Crippen LogP contribution in [0.25, 0.3) is 10.2 Å². The Labute approximate surface area is 168 Å². The molecular formula is C21H24N2O4S. The van der Waals surface area contributed by atoms with Crippen LogP contribution in [0.3, 0.4) is 0 Å². The maximum Gasteiger partial charge on any atom is 0.252 e. The molecule has 6 nitrogen and oxygen atoms in total. The number of rotatable bonds is 7. The Bertz CT molecular complexity index is 1050. The molecule has 0 radical (unpaired) electrons. The topological polar surface area (TPSA) is 62.1 Å². The van der Waals surface area contributed by atoms with Crippen LogP contribution in [0.1, 0.15) is 19.4 Å². The number of aromatic nitrogens is 1. The molecule has 0 saturated carbocycles. The summed E-state index contributed by atoms with van der Waals surface area (Å²) >= 11 is 1.49. The van der Waals surface area contributed by atoms with Crippen LogP contribution in [0.2, 0.25) is 0 Å². The maximum atomic E-state index is 12.6. The third-order valence-corrected chi connectivity index (χ3v) is 5.35. The highest BCUT2D eigenvalue weighted by Crippen LogP contribution is 2.29. The van der Waals surface area contributed by atoms with Crippen LogP contribution < -0.4 is 19.0 Å². The molecule has 2 aromatic carbocycles. The van der Waals surface area contributed by atoms with E-state index in [1.807, 2.05) is 42.7 Å². The van der Waals surface area contributed by atoms with E-state index in [0.29, 0.717) is 29.5 Å². The van der Waals surface area contributed by atoms with Crippen LogP contribution in [0.15, 0.2) is 41.4 Å². The summed E-state index contributed by atoms with van der Waals surface area (Å²) < 4.78 is 19.4. The molecule has 0 fully saturated rings. The highest BCUT2D eigenvalue weighted by molar-refractivity contribution is 7.16. The molecule has 0 atom stereocenters. The summed E-state index contributed by atoms with van der Waals surface area (Å²) in [7, 11) is 3.16. The average Bonchev–Trinajstić information content (AvgIpc) is 3.05. The molecule has 1 aromatic heterocycles. The number of carbonyl (C=O) groups excluding carboxylic acids is 1. The Morgan fingerprint density at radius 2 is 1.86 bits per heavy atom. The van der Waals surface area contributed by atoms with Gasteiger partial charge in [0.05, 0.1) is 31.9 Å². The van der Waals surface area contributed by atoms with Crippen molar-refractivity contribution in [2.24, 2.45) is 4.99 Å². The zero-order valence-corrected chi connectivity index (χ0v) is 17.3. The van der Waals surface area contributed by atoms with Crippen molar-refractivity contribution in [3.05, 3.63) is 46.8 Å². The number of nitrogens with zero attached hydrogens (tertiary/aromatic N) is 2. The van der Waals surface area contributed by atoms with Crippen LogP contribution >= 0.6 is 11.3 Å². The molecule has 28 heavy (non-hydrogen) atoms. The van der Waals surface area contributed by atoms with Crippen molar-refractivity contribution < 1.29 is 19.0 Å². The second-order valence-electron chi connectivity index (χ2n) is 6.04. The summed E-state index contributed by atoms with van der Waals surface area (Å²) in [5.74, 6) is 1.83. The van der Waals surface area contributed by atoms with Gasteiger partial charge in [0.2, 0.25) is 0 Å². The van der Waals surface area contributed by atoms with Crippen LogP contribution in [-0.4, -0.2) is 31.3 Å². The van der Waals surface area contributed by atoms with E-state index in [4.69, 9.17) is 14.2 Å². The van der Waals surface area contributed by atoms with Gasteiger partial charge in [0.1, 0.15) is 11.3 Å². The van der Waals surface area contributed by atoms with Gasteiger partial charge in [-0.2, -0.15) is 4.99 Å². The van der Waals surface area contributed by atoms with Crippen molar-refractivity contribution in [2.75, 3.05) is 20.8 Å². The zero-order valence-electron chi connectivity index (χ0n) is 16.5. The van der Waals surface area contributed by atoms with Crippen molar-refractivity contribution >= 4 is 27.5 Å². The summed E-state index contributed by atoms with van der Waals surface area (Å²) in [6.45, 7) is 5.28. The average molecular weight is 401 g/mol. The Hall–Kier alpha value is -2.80. The molecule has 0 aliphatic rings. The molecule has 0 unspecified atom stereocenters. The molecule has 7 heteroatoms. The SMILES string of the molecule is CCOc1cccc2sc(=NC(=O)Cc3ccc(OC)c(OC)c3)n(CC)c12. The number of ether oxygens (including phenoxy) is 3. The molecule has 1 amide bonds. The molecule has 148 valence electrons. The molecule has 3 aromatic rings. The van der Waals surface area contributed by atoms with Gasteiger partial charge in [0.15, 0.2) is 16.3 Å². The molecule has 0 aliphatic heterocycles. The number of carbonyl (C=O) groups is 1. The summed E-state index contributed by atoms with van der Waals surface area (Å²) in [5.41, 5.74) is 1.81. The number of para-hydroxylation sites is 1. The van der Waals surface area contributed by atoms with Crippen molar-refractivity contribution in [3.63, 3.8) is 0 Å². The van der Waals surface area contributed by atoms with Gasteiger partial charge in [-0.15, -0.1) is 0 Å². The number of thiazole rings is 1. The number of hydrogen-bond acceptors (Lipinski definition) is 5. The zero-order chi connectivity index (χ0) is 20.1. The predicted molar refractivity (Wildman–Crippen MR) is 110 cm³/mol. The lowest BCUT2D eigenvalue weighted by atomic mass is 10.1. The first-order chi connectivity index (χ1) is 13.6. The minimum Gasteiger partial charge on any atom is -0.493 e. The van der Waals surface area contributed by atoms with E-state index in [1.54, 1.807) is 26.4 Å². The molecule has 0 saturated heterocycles. The van der Waals surface area contributed by atoms with Crippen LogP contribution in [0.5, 0.6) is 17.2 Å². The summed E-state index contributed by atoms with van der Waals surface area (Å²) in [6, 6.07) is 11.4. The number of hydrogen-bond donors (Lipinski definition) is 0. The van der Waals surface area contributed by atoms with Crippen molar-refractivity contribution in [1.29, 1.82) is 0 Å². The lowest BCUT2D eigenvalue weighted by Crippen LogP contribution is -2.17. The standard InChI is InChI=1S/C21H24N2O4S/c1-5-23-20-16(27-6-2)8-7-9-18(20)28-21(23)22-19(24)13-14-10-11-15(25-3)17(12-14)26-4/h7-12H,5-6,13H2,1-4H3. The number of benzene rings is 2. The first-order valence-corrected chi connectivity index (χ1v) is 9.96. The van der Waals surface area contributed by atoms with E-state index in [2.05, 4.69) is 4.99 Å². The van der Waals surface area contributed by atoms with Crippen molar-refractivity contribution in [3.8, 4) is 17.2 Å². The fourth-order valence-electron chi connectivity index (χ4n) is 3.06. The highest BCUT2D eigenvalue weighted by Gasteiger charge is 2.12. The predicted octanol–water partition coefficient (Wildman–Crippen LogP) is 3.81. The molecule has 0 aliphatic carbocycles. The number of methoxy groups -OCH3 is 2. The fourth-order valence-corrected chi connectivity index (χ4v) is 4.19. The largest absolute Gasteiger partial charge is 0.493 e. The van der Waals surface area contributed by atoms with Gasteiger partial charge in [-0.25, -0.2) is 0 Å². The van der Waals surface area contributed by atoms with Crippen LogP contribution in [0, 0.1) is 0 Å². The number of fused-ring (bicyclic) bond motifs is 1. The van der Waals surface area contributed by atoms with E-state index < -0.39 is 0 Å². The Morgan fingerprint density at radius 3 is 2.54 bits per heavy atom. The van der Waals surface area contributed by atoms with E-state index in [0.717, 1.165) is 21.5 Å². The fraction of sp³-hybridized carbons (Fsp3) is 0.333. The van der Waals surface area contributed by atoms with Gasteiger partial charge < -0.3 is 18.8 Å². The molecule has 0 bridgehead atoms. The quantitative estimate of drug-likeness (QED) is 0.605. The normalized spacial score (nSPS) is 11.6.